The molecule has 0 bridgehead atoms. The molecule has 0 unspecified atom stereocenters. The molecule has 4 nitrogen and oxygen atoms in total. The van der Waals surface area contributed by atoms with Crippen molar-refractivity contribution >= 4 is 11.4 Å². The first-order valence-electron chi connectivity index (χ1n) is 20.9. The summed E-state index contributed by atoms with van der Waals surface area (Å²) in [4.78, 5) is 2.09. The average Bonchev–Trinajstić information content (AvgIpc) is 3.40. The number of halogens is 6. The van der Waals surface area contributed by atoms with Crippen LogP contribution in [0.3, 0.4) is 0 Å². The van der Waals surface area contributed by atoms with Crippen molar-refractivity contribution in [3.05, 3.63) is 179 Å². The third-order valence-corrected chi connectivity index (χ3v) is 11.0. The molecule has 0 aromatic heterocycles. The van der Waals surface area contributed by atoms with Crippen LogP contribution in [-0.4, -0.2) is 25.3 Å². The molecule has 1 N–H and O–H groups in total. The van der Waals surface area contributed by atoms with E-state index >= 15 is 0 Å². The van der Waals surface area contributed by atoms with Gasteiger partial charge < -0.3 is 19.7 Å². The molecule has 10 heteroatoms. The number of hydrogen-bond acceptors (Lipinski definition) is 4. The van der Waals surface area contributed by atoms with Gasteiger partial charge >= 0.3 is 12.4 Å². The molecule has 1 aliphatic heterocycles. The summed E-state index contributed by atoms with van der Waals surface area (Å²) in [5.74, 6) is 1.55. The Morgan fingerprint density at radius 3 is 1.77 bits per heavy atom. The molecule has 1 aliphatic rings. The molecule has 5 rings (SSSR count). The molecule has 62 heavy (non-hydrogen) atoms. The largest absolute Gasteiger partial charge is 0.491 e. The number of anilines is 2. The molecule has 0 atom stereocenters. The number of rotatable bonds is 17. The van der Waals surface area contributed by atoms with Crippen molar-refractivity contribution in [2.24, 2.45) is 0 Å². The summed E-state index contributed by atoms with van der Waals surface area (Å²) in [5, 5.41) is 3.36. The van der Waals surface area contributed by atoms with Gasteiger partial charge in [-0.05, 0) is 135 Å². The first-order chi connectivity index (χ1) is 29.1. The number of nitrogens with one attached hydrogen (secondary N) is 1. The minimum Gasteiger partial charge on any atom is -0.491 e. The van der Waals surface area contributed by atoms with Crippen LogP contribution in [0.5, 0.6) is 11.5 Å². The molecule has 0 amide bonds. The molecule has 0 radical (unpaired) electrons. The highest BCUT2D eigenvalue weighted by atomic mass is 19.4. The smallest absolute Gasteiger partial charge is 0.416 e. The van der Waals surface area contributed by atoms with E-state index in [-0.39, 0.29) is 12.2 Å². The number of hydrogen-bond donors (Lipinski definition) is 1. The van der Waals surface area contributed by atoms with Crippen molar-refractivity contribution < 1.29 is 35.8 Å². The van der Waals surface area contributed by atoms with Crippen molar-refractivity contribution in [1.82, 2.24) is 0 Å². The summed E-state index contributed by atoms with van der Waals surface area (Å²) in [5.41, 5.74) is 3.02. The van der Waals surface area contributed by atoms with Crippen LogP contribution >= 0.6 is 0 Å². The van der Waals surface area contributed by atoms with Gasteiger partial charge in [0, 0.05) is 41.0 Å². The fourth-order valence-corrected chi connectivity index (χ4v) is 7.47. The normalized spacial score (nSPS) is 15.2. The minimum absolute atomic E-state index is 0.0511. The van der Waals surface area contributed by atoms with Crippen LogP contribution in [0, 0.1) is 0 Å². The molecule has 0 saturated carbocycles. The van der Waals surface area contributed by atoms with Crippen LogP contribution in [0.25, 0.3) is 0 Å². The van der Waals surface area contributed by atoms with Crippen LogP contribution in [0.2, 0.25) is 0 Å². The summed E-state index contributed by atoms with van der Waals surface area (Å²) in [6.07, 6.45) is 5.25. The molecule has 0 spiro atoms. The summed E-state index contributed by atoms with van der Waals surface area (Å²) in [6.45, 7) is 20.7. The van der Waals surface area contributed by atoms with Crippen LogP contribution in [-0.2, 0) is 36.0 Å². The monoisotopic (exact) mass is 856 g/mol. The second-order valence-electron chi connectivity index (χ2n) is 17.1. The van der Waals surface area contributed by atoms with Crippen LogP contribution in [0.1, 0.15) is 88.8 Å². The molecule has 4 aromatic carbocycles. The maximum Gasteiger partial charge on any atom is 0.416 e. The standard InChI is InChI=1S/C52H58F6N2O2/c1-35(2)61-42-23-17-38(18-24-42)29-31-59-46-27-21-40(51(53,54)55)33-44(46)49(6,7)37(5)15-13-11-10-12-14-16-48-50(8,9)45-34-41(52(56,57)58)22-28-47(45)60(48)32-30-39-19-25-43(26-20-39)62-36(3)4/h10-28,33-36,59H,5,29-32H2,1-4,6-9H3/b11-10+,14-12+,15-13+,48-16+. The Hall–Kier alpha value is -5.64. The van der Waals surface area contributed by atoms with Gasteiger partial charge in [0.15, 0.2) is 0 Å². The zero-order valence-electron chi connectivity index (χ0n) is 36.8. The van der Waals surface area contributed by atoms with E-state index in [9.17, 15) is 26.3 Å². The number of allylic oxidation sites excluding steroid dienone is 9. The molecule has 0 fully saturated rings. The van der Waals surface area contributed by atoms with E-state index in [0.717, 1.165) is 46.1 Å². The Bertz CT molecular complexity index is 2280. The molecule has 330 valence electrons. The van der Waals surface area contributed by atoms with Gasteiger partial charge in [0.25, 0.3) is 0 Å². The molecule has 1 heterocycles. The van der Waals surface area contributed by atoms with Gasteiger partial charge in [0.05, 0.1) is 23.3 Å². The summed E-state index contributed by atoms with van der Waals surface area (Å²) in [6, 6.07) is 23.4. The predicted octanol–water partition coefficient (Wildman–Crippen LogP) is 14.4. The van der Waals surface area contributed by atoms with Gasteiger partial charge in [-0.1, -0.05) is 95.0 Å². The van der Waals surface area contributed by atoms with Gasteiger partial charge in [0.1, 0.15) is 11.5 Å². The van der Waals surface area contributed by atoms with Gasteiger partial charge in [-0.25, -0.2) is 0 Å². The Morgan fingerprint density at radius 1 is 0.694 bits per heavy atom. The van der Waals surface area contributed by atoms with Crippen molar-refractivity contribution in [3.8, 4) is 11.5 Å². The highest BCUT2D eigenvalue weighted by Crippen LogP contribution is 2.49. The van der Waals surface area contributed by atoms with Gasteiger partial charge in [-0.15, -0.1) is 0 Å². The van der Waals surface area contributed by atoms with E-state index in [0.29, 0.717) is 48.3 Å². The lowest BCUT2D eigenvalue weighted by molar-refractivity contribution is -0.138. The highest BCUT2D eigenvalue weighted by Gasteiger charge is 2.42. The molecule has 0 aliphatic carbocycles. The molecular weight excluding hydrogens is 799 g/mol. The van der Waals surface area contributed by atoms with E-state index in [2.05, 4.69) is 16.8 Å². The Kier molecular flexibility index (Phi) is 15.0. The van der Waals surface area contributed by atoms with Gasteiger partial charge in [-0.3, -0.25) is 0 Å². The van der Waals surface area contributed by atoms with E-state index in [4.69, 9.17) is 9.47 Å². The lowest BCUT2D eigenvalue weighted by Crippen LogP contribution is -2.28. The summed E-state index contributed by atoms with van der Waals surface area (Å²) in [7, 11) is 0. The first kappa shape index (κ1) is 47.4. The summed E-state index contributed by atoms with van der Waals surface area (Å²) < 4.78 is 94.8. The SMILES string of the molecule is C=C(/C=C/C=C/C=C/C=C1/N(CCc2ccc(OC(C)C)cc2)c2ccc(C(F)(F)F)cc2C1(C)C)C(C)(C)c1cc(C(F)(F)F)ccc1NCCc1ccc(OC(C)C)cc1. The number of nitrogens with zero attached hydrogens (tertiary/aromatic N) is 1. The van der Waals surface area contributed by atoms with Crippen molar-refractivity contribution in [1.29, 1.82) is 0 Å². The van der Waals surface area contributed by atoms with E-state index in [1.54, 1.807) is 24.3 Å². The van der Waals surface area contributed by atoms with Crippen LogP contribution < -0.4 is 19.7 Å². The average molecular weight is 857 g/mol. The first-order valence-corrected chi connectivity index (χ1v) is 20.9. The number of ether oxygens (including phenoxy) is 2. The molecular formula is C52H58F6N2O2. The lowest BCUT2D eigenvalue weighted by Gasteiger charge is -2.30. The minimum atomic E-state index is -4.51. The molecule has 4 aromatic rings. The van der Waals surface area contributed by atoms with Gasteiger partial charge in [0.2, 0.25) is 0 Å². The zero-order chi connectivity index (χ0) is 45.5. The van der Waals surface area contributed by atoms with Crippen molar-refractivity contribution in [2.75, 3.05) is 23.3 Å². The maximum atomic E-state index is 13.9. The Balaban J connectivity index is 1.30. The van der Waals surface area contributed by atoms with Crippen molar-refractivity contribution in [3.63, 3.8) is 0 Å². The van der Waals surface area contributed by atoms with E-state index in [1.165, 1.54) is 18.2 Å². The third kappa shape index (κ3) is 12.0. The Labute approximate surface area is 363 Å². The number of alkyl halides is 6. The Morgan fingerprint density at radius 2 is 1.21 bits per heavy atom. The fourth-order valence-electron chi connectivity index (χ4n) is 7.47. The summed E-state index contributed by atoms with van der Waals surface area (Å²) >= 11 is 0. The molecule has 0 saturated heterocycles. The van der Waals surface area contributed by atoms with Gasteiger partial charge in [-0.2, -0.15) is 26.3 Å². The zero-order valence-corrected chi connectivity index (χ0v) is 36.8. The number of benzene rings is 4. The quantitative estimate of drug-likeness (QED) is 0.0847. The van der Waals surface area contributed by atoms with Crippen LogP contribution in [0.15, 0.2) is 145 Å². The third-order valence-electron chi connectivity index (χ3n) is 11.0. The van der Waals surface area contributed by atoms with E-state index in [1.807, 2.05) is 128 Å². The fraction of sp³-hybridized carbons (Fsp3) is 0.346. The van der Waals surface area contributed by atoms with Crippen LogP contribution in [0.4, 0.5) is 37.7 Å². The maximum absolute atomic E-state index is 13.9. The second kappa shape index (κ2) is 19.6. The van der Waals surface area contributed by atoms with Crippen molar-refractivity contribution in [2.45, 2.75) is 104 Å². The second-order valence-corrected chi connectivity index (χ2v) is 17.1. The highest BCUT2D eigenvalue weighted by molar-refractivity contribution is 5.71. The number of fused-ring (bicyclic) bond motifs is 1. The van der Waals surface area contributed by atoms with E-state index < -0.39 is 34.3 Å². The topological polar surface area (TPSA) is 33.7 Å². The predicted molar refractivity (Wildman–Crippen MR) is 241 cm³/mol. The lowest BCUT2D eigenvalue weighted by atomic mass is 9.76.